The maximum absolute atomic E-state index is 11.3. The van der Waals surface area contributed by atoms with Gasteiger partial charge < -0.3 is 14.6 Å². The average Bonchev–Trinajstić information content (AvgIpc) is 2.43. The minimum absolute atomic E-state index is 0.0156. The van der Waals surface area contributed by atoms with Gasteiger partial charge in [-0.15, -0.1) is 0 Å². The maximum atomic E-state index is 11.3. The minimum Gasteiger partial charge on any atom is -0.463 e. The van der Waals surface area contributed by atoms with Crippen LogP contribution in [0.2, 0.25) is 0 Å². The van der Waals surface area contributed by atoms with Crippen LogP contribution in [0.5, 0.6) is 0 Å². The van der Waals surface area contributed by atoms with E-state index >= 15 is 0 Å². The third-order valence-corrected chi connectivity index (χ3v) is 4.54. The SMILES string of the molecule is CC(C)C(=O)OCC(O)COC1(C)CCC(C(C)C)CC1. The predicted octanol–water partition coefficient (Wildman–Crippen LogP) is 3.17. The Morgan fingerprint density at radius 1 is 1.19 bits per heavy atom. The van der Waals surface area contributed by atoms with E-state index in [1.54, 1.807) is 13.8 Å². The Morgan fingerprint density at radius 3 is 2.24 bits per heavy atom. The molecule has 0 heterocycles. The van der Waals surface area contributed by atoms with Gasteiger partial charge in [0, 0.05) is 0 Å². The number of aliphatic hydroxyl groups excluding tert-OH is 1. The van der Waals surface area contributed by atoms with Crippen molar-refractivity contribution in [3.8, 4) is 0 Å². The van der Waals surface area contributed by atoms with E-state index in [0.717, 1.165) is 24.7 Å². The van der Waals surface area contributed by atoms with Gasteiger partial charge in [0.15, 0.2) is 0 Å². The van der Waals surface area contributed by atoms with E-state index < -0.39 is 6.10 Å². The summed E-state index contributed by atoms with van der Waals surface area (Å²) in [6, 6.07) is 0. The molecule has 4 nitrogen and oxygen atoms in total. The number of carbonyl (C=O) groups is 1. The summed E-state index contributed by atoms with van der Waals surface area (Å²) in [6.07, 6.45) is 3.70. The van der Waals surface area contributed by atoms with Crippen molar-refractivity contribution in [3.05, 3.63) is 0 Å². The van der Waals surface area contributed by atoms with E-state index in [1.807, 2.05) is 0 Å². The zero-order valence-electron chi connectivity index (χ0n) is 14.2. The fourth-order valence-corrected chi connectivity index (χ4v) is 2.75. The van der Waals surface area contributed by atoms with E-state index in [4.69, 9.17) is 9.47 Å². The van der Waals surface area contributed by atoms with Gasteiger partial charge in [0.1, 0.15) is 12.7 Å². The second kappa shape index (κ2) is 8.14. The largest absolute Gasteiger partial charge is 0.463 e. The van der Waals surface area contributed by atoms with Crippen LogP contribution in [0.3, 0.4) is 0 Å². The zero-order valence-corrected chi connectivity index (χ0v) is 14.2. The molecule has 1 fully saturated rings. The van der Waals surface area contributed by atoms with Crippen LogP contribution in [0.25, 0.3) is 0 Å². The molecule has 21 heavy (non-hydrogen) atoms. The highest BCUT2D eigenvalue weighted by Gasteiger charge is 2.33. The van der Waals surface area contributed by atoms with Crippen molar-refractivity contribution in [2.45, 2.75) is 72.0 Å². The fraction of sp³-hybridized carbons (Fsp3) is 0.941. The molecule has 0 radical (unpaired) electrons. The molecule has 1 aliphatic rings. The smallest absolute Gasteiger partial charge is 0.308 e. The van der Waals surface area contributed by atoms with Gasteiger partial charge in [-0.2, -0.15) is 0 Å². The van der Waals surface area contributed by atoms with Gasteiger partial charge in [0.05, 0.1) is 18.1 Å². The Kier molecular flexibility index (Phi) is 7.14. The van der Waals surface area contributed by atoms with Crippen LogP contribution in [0.1, 0.15) is 60.3 Å². The molecule has 0 saturated heterocycles. The van der Waals surface area contributed by atoms with Crippen molar-refractivity contribution < 1.29 is 19.4 Å². The topological polar surface area (TPSA) is 55.8 Å². The normalized spacial score (nSPS) is 27.9. The summed E-state index contributed by atoms with van der Waals surface area (Å²) < 4.78 is 10.9. The molecule has 0 aromatic heterocycles. The fourth-order valence-electron chi connectivity index (χ4n) is 2.75. The number of hydrogen-bond acceptors (Lipinski definition) is 4. The van der Waals surface area contributed by atoms with Gasteiger partial charge in [-0.3, -0.25) is 4.79 Å². The second-order valence-corrected chi connectivity index (χ2v) is 7.28. The number of carbonyl (C=O) groups excluding carboxylic acids is 1. The summed E-state index contributed by atoms with van der Waals surface area (Å²) in [5, 5.41) is 9.86. The van der Waals surface area contributed by atoms with Crippen molar-refractivity contribution in [1.29, 1.82) is 0 Å². The molecular weight excluding hydrogens is 268 g/mol. The van der Waals surface area contributed by atoms with E-state index in [-0.39, 0.29) is 30.7 Å². The third kappa shape index (κ3) is 6.35. The Labute approximate surface area is 129 Å². The van der Waals surface area contributed by atoms with Crippen molar-refractivity contribution >= 4 is 5.97 Å². The van der Waals surface area contributed by atoms with Crippen LogP contribution in [0.15, 0.2) is 0 Å². The molecule has 0 aliphatic heterocycles. The molecule has 0 aromatic rings. The van der Waals surface area contributed by atoms with E-state index in [2.05, 4.69) is 20.8 Å². The van der Waals surface area contributed by atoms with Crippen LogP contribution in [0.4, 0.5) is 0 Å². The van der Waals surface area contributed by atoms with Gasteiger partial charge in [-0.05, 0) is 44.4 Å². The molecule has 1 unspecified atom stereocenters. The molecule has 1 N–H and O–H groups in total. The number of ether oxygens (including phenoxy) is 2. The van der Waals surface area contributed by atoms with Crippen LogP contribution >= 0.6 is 0 Å². The molecule has 124 valence electrons. The lowest BCUT2D eigenvalue weighted by Gasteiger charge is -2.39. The average molecular weight is 300 g/mol. The number of rotatable bonds is 7. The standard InChI is InChI=1S/C17H32O4/c1-12(2)14-6-8-17(5,9-7-14)21-11-15(18)10-20-16(19)13(3)4/h12-15,18H,6-11H2,1-5H3. The number of esters is 1. The van der Waals surface area contributed by atoms with Crippen LogP contribution in [0, 0.1) is 17.8 Å². The highest BCUT2D eigenvalue weighted by molar-refractivity contribution is 5.71. The molecule has 1 aliphatic carbocycles. The molecule has 0 spiro atoms. The van der Waals surface area contributed by atoms with Crippen molar-refractivity contribution in [3.63, 3.8) is 0 Å². The first-order valence-corrected chi connectivity index (χ1v) is 8.22. The van der Waals surface area contributed by atoms with E-state index in [9.17, 15) is 9.90 Å². The summed E-state index contributed by atoms with van der Waals surface area (Å²) in [5.41, 5.74) is -0.144. The van der Waals surface area contributed by atoms with Crippen molar-refractivity contribution in [2.24, 2.45) is 17.8 Å². The zero-order chi connectivity index (χ0) is 16.0. The Balaban J connectivity index is 2.26. The Hall–Kier alpha value is -0.610. The minimum atomic E-state index is -0.743. The maximum Gasteiger partial charge on any atom is 0.308 e. The van der Waals surface area contributed by atoms with Crippen LogP contribution < -0.4 is 0 Å². The quantitative estimate of drug-likeness (QED) is 0.734. The van der Waals surface area contributed by atoms with Crippen molar-refractivity contribution in [1.82, 2.24) is 0 Å². The van der Waals surface area contributed by atoms with E-state index in [0.29, 0.717) is 0 Å². The highest BCUT2D eigenvalue weighted by Crippen LogP contribution is 2.37. The molecule has 4 heteroatoms. The molecule has 0 bridgehead atoms. The number of hydrogen-bond donors (Lipinski definition) is 1. The molecule has 0 amide bonds. The molecular formula is C17H32O4. The lowest BCUT2D eigenvalue weighted by Crippen LogP contribution is -2.38. The van der Waals surface area contributed by atoms with Gasteiger partial charge in [0.25, 0.3) is 0 Å². The van der Waals surface area contributed by atoms with Gasteiger partial charge in [0.2, 0.25) is 0 Å². The third-order valence-electron chi connectivity index (χ3n) is 4.54. The summed E-state index contributed by atoms with van der Waals surface area (Å²) >= 11 is 0. The molecule has 1 rings (SSSR count). The lowest BCUT2D eigenvalue weighted by atomic mass is 9.75. The highest BCUT2D eigenvalue weighted by atomic mass is 16.6. The summed E-state index contributed by atoms with van der Waals surface area (Å²) in [6.45, 7) is 10.5. The van der Waals surface area contributed by atoms with Gasteiger partial charge in [-0.25, -0.2) is 0 Å². The van der Waals surface area contributed by atoms with Gasteiger partial charge in [-0.1, -0.05) is 27.7 Å². The van der Waals surface area contributed by atoms with E-state index in [1.165, 1.54) is 12.8 Å². The summed E-state index contributed by atoms with van der Waals surface area (Å²) in [4.78, 5) is 11.3. The first kappa shape index (κ1) is 18.4. The lowest BCUT2D eigenvalue weighted by molar-refractivity contribution is -0.154. The molecule has 1 atom stereocenters. The van der Waals surface area contributed by atoms with Gasteiger partial charge >= 0.3 is 5.97 Å². The molecule has 0 aromatic carbocycles. The Morgan fingerprint density at radius 2 is 1.76 bits per heavy atom. The first-order valence-electron chi connectivity index (χ1n) is 8.22. The number of aliphatic hydroxyl groups is 1. The molecule has 1 saturated carbocycles. The monoisotopic (exact) mass is 300 g/mol. The Bertz CT molecular complexity index is 317. The first-order chi connectivity index (χ1) is 9.73. The predicted molar refractivity (Wildman–Crippen MR) is 83.0 cm³/mol. The second-order valence-electron chi connectivity index (χ2n) is 7.28. The summed E-state index contributed by atoms with van der Waals surface area (Å²) in [7, 11) is 0. The van der Waals surface area contributed by atoms with Crippen molar-refractivity contribution in [2.75, 3.05) is 13.2 Å². The van der Waals surface area contributed by atoms with Crippen LogP contribution in [-0.2, 0) is 14.3 Å². The van der Waals surface area contributed by atoms with Crippen LogP contribution in [-0.4, -0.2) is 36.0 Å². The summed E-state index contributed by atoms with van der Waals surface area (Å²) in [5.74, 6) is 1.08.